The second-order valence-corrected chi connectivity index (χ2v) is 14.6. The molecule has 244 valence electrons. The highest BCUT2D eigenvalue weighted by atomic mass is 16.7. The van der Waals surface area contributed by atoms with Crippen molar-refractivity contribution < 1.29 is 49.3 Å². The van der Waals surface area contributed by atoms with Crippen LogP contribution in [0.1, 0.15) is 66.2 Å². The summed E-state index contributed by atoms with van der Waals surface area (Å²) < 4.78 is 17.1. The third-order valence-corrected chi connectivity index (χ3v) is 12.7. The molecule has 0 spiro atoms. The third kappa shape index (κ3) is 4.87. The van der Waals surface area contributed by atoms with E-state index < -0.39 is 54.8 Å². The molecule has 2 heterocycles. The van der Waals surface area contributed by atoms with Crippen LogP contribution in [0.3, 0.4) is 0 Å². The largest absolute Gasteiger partial charge is 0.458 e. The summed E-state index contributed by atoms with van der Waals surface area (Å²) in [6.07, 6.45) is 2.74. The maximum Gasteiger partial charge on any atom is 0.336 e. The van der Waals surface area contributed by atoms with Crippen LogP contribution < -0.4 is 0 Å². The van der Waals surface area contributed by atoms with Crippen molar-refractivity contribution >= 4 is 11.8 Å². The number of aliphatic hydroxyl groups excluding tert-OH is 5. The molecule has 2 aliphatic heterocycles. The summed E-state index contributed by atoms with van der Waals surface area (Å²) >= 11 is 0. The number of esters is 1. The summed E-state index contributed by atoms with van der Waals surface area (Å²) in [7, 11) is 0. The number of allylic oxidation sites excluding steroid dienone is 3. The van der Waals surface area contributed by atoms with Gasteiger partial charge >= 0.3 is 5.97 Å². The van der Waals surface area contributed by atoms with E-state index in [2.05, 4.69) is 20.8 Å². The van der Waals surface area contributed by atoms with Crippen LogP contribution in [0.15, 0.2) is 34.9 Å². The molecule has 14 atom stereocenters. The Morgan fingerprint density at radius 3 is 2.50 bits per heavy atom. The van der Waals surface area contributed by atoms with E-state index in [9.17, 15) is 35.1 Å². The smallest absolute Gasteiger partial charge is 0.336 e. The Bertz CT molecular complexity index is 1250. The summed E-state index contributed by atoms with van der Waals surface area (Å²) in [5.41, 5.74) is 1.53. The van der Waals surface area contributed by atoms with Crippen LogP contribution in [0.4, 0.5) is 0 Å². The molecule has 0 unspecified atom stereocenters. The molecule has 10 nitrogen and oxygen atoms in total. The van der Waals surface area contributed by atoms with E-state index in [-0.39, 0.29) is 47.6 Å². The quantitative estimate of drug-likeness (QED) is 0.279. The first-order valence-corrected chi connectivity index (χ1v) is 16.2. The molecule has 2 saturated carbocycles. The Kier molecular flexibility index (Phi) is 8.52. The number of aliphatic hydroxyl groups is 5. The van der Waals surface area contributed by atoms with Crippen LogP contribution in [-0.2, 0) is 23.8 Å². The fourth-order valence-electron chi connectivity index (χ4n) is 9.99. The van der Waals surface area contributed by atoms with E-state index in [0.717, 1.165) is 36.8 Å². The number of hydrogen-bond acceptors (Lipinski definition) is 10. The van der Waals surface area contributed by atoms with E-state index in [4.69, 9.17) is 14.2 Å². The maximum atomic E-state index is 13.3. The van der Waals surface area contributed by atoms with E-state index in [0.29, 0.717) is 24.3 Å². The first-order valence-electron chi connectivity index (χ1n) is 16.2. The Balaban J connectivity index is 1.14. The molecule has 6 aliphatic rings. The second-order valence-electron chi connectivity index (χ2n) is 14.6. The monoisotopic (exact) mass is 616 g/mol. The Hall–Kier alpha value is -1.92. The number of ether oxygens (including phenoxy) is 3. The zero-order valence-corrected chi connectivity index (χ0v) is 26.1. The minimum absolute atomic E-state index is 0.0249. The number of rotatable bonds is 6. The average molecular weight is 617 g/mol. The number of hydrogen-bond donors (Lipinski definition) is 5. The van der Waals surface area contributed by atoms with Crippen LogP contribution in [-0.4, -0.2) is 93.4 Å². The second kappa shape index (κ2) is 11.7. The molecular weight excluding hydrogens is 568 g/mol. The Morgan fingerprint density at radius 1 is 1.05 bits per heavy atom. The molecule has 0 aromatic heterocycles. The number of cyclic esters (lactones) is 1. The first-order chi connectivity index (χ1) is 20.8. The minimum Gasteiger partial charge on any atom is -0.458 e. The highest BCUT2D eigenvalue weighted by Gasteiger charge is 2.63. The van der Waals surface area contributed by atoms with Crippen molar-refractivity contribution in [3.05, 3.63) is 34.9 Å². The van der Waals surface area contributed by atoms with Crippen LogP contribution in [0, 0.1) is 40.4 Å². The van der Waals surface area contributed by atoms with Crippen molar-refractivity contribution in [3.63, 3.8) is 0 Å². The third-order valence-electron chi connectivity index (χ3n) is 12.7. The molecular formula is C34H48O10. The maximum absolute atomic E-state index is 13.3. The lowest BCUT2D eigenvalue weighted by molar-refractivity contribution is -0.299. The van der Waals surface area contributed by atoms with Gasteiger partial charge in [-0.15, -0.1) is 0 Å². The van der Waals surface area contributed by atoms with E-state index >= 15 is 0 Å². The highest BCUT2D eigenvalue weighted by molar-refractivity contribution is 5.92. The zero-order valence-electron chi connectivity index (χ0n) is 26.1. The average Bonchev–Trinajstić information content (AvgIpc) is 3.34. The van der Waals surface area contributed by atoms with Crippen molar-refractivity contribution in [2.24, 2.45) is 40.4 Å². The number of carbonyl (C=O) groups is 2. The normalized spacial score (nSPS) is 47.8. The highest BCUT2D eigenvalue weighted by Crippen LogP contribution is 2.66. The number of ketones is 1. The predicted molar refractivity (Wildman–Crippen MR) is 158 cm³/mol. The molecule has 3 fully saturated rings. The van der Waals surface area contributed by atoms with E-state index in [1.165, 1.54) is 0 Å². The minimum atomic E-state index is -1.56. The molecule has 0 radical (unpaired) electrons. The standard InChI is InChI=1S/C34H48O10/c1-16-12-24(43-31(41)19(16)15-42-32-30(40)29(39)28(38)25(14-35)44-32)17(2)20-8-9-21-27-22(10-11-33(20,21)3)34(4)18(13-23(27)36)6-5-7-26(34)37/h5-6,13,17,20-25,27-30,32,35-36,38-40H,7-12,14-15H2,1-4H3/t17-,20+,21-,22-,23-,24+,25+,27-,28+,29-,30+,32+,33+,34-/m0/s1. The van der Waals surface area contributed by atoms with Gasteiger partial charge in [0, 0.05) is 12.8 Å². The first kappa shape index (κ1) is 32.0. The lowest BCUT2D eigenvalue weighted by Crippen LogP contribution is -2.59. The summed E-state index contributed by atoms with van der Waals surface area (Å²) in [4.78, 5) is 26.5. The SMILES string of the molecule is CC1=C(CO[C@@H]2O[C@H](CO)[C@@H](O)[C@H](O)[C@H]2O)C(=O)O[C@@H]([C@@H](C)[C@H]2CC[C@H]3[C@@H]4[C@@H](O)C=C5C=CCC(=O)[C@]5(C)[C@H]4CC[C@]23C)C1. The van der Waals surface area contributed by atoms with Gasteiger partial charge in [-0.25, -0.2) is 4.79 Å². The molecule has 0 amide bonds. The van der Waals surface area contributed by atoms with Gasteiger partial charge in [-0.05, 0) is 80.1 Å². The van der Waals surface area contributed by atoms with Gasteiger partial charge in [0.1, 0.15) is 36.3 Å². The molecule has 4 aliphatic carbocycles. The topological polar surface area (TPSA) is 163 Å². The number of carbonyl (C=O) groups excluding carboxylic acids is 2. The predicted octanol–water partition coefficient (Wildman–Crippen LogP) is 1.97. The van der Waals surface area contributed by atoms with Gasteiger partial charge in [0.05, 0.1) is 30.3 Å². The molecule has 6 rings (SSSR count). The van der Waals surface area contributed by atoms with Gasteiger partial charge in [-0.1, -0.05) is 37.6 Å². The van der Waals surface area contributed by atoms with Gasteiger partial charge in [0.2, 0.25) is 0 Å². The molecule has 0 aromatic rings. The Morgan fingerprint density at radius 2 is 1.80 bits per heavy atom. The van der Waals surface area contributed by atoms with E-state index in [1.807, 2.05) is 25.2 Å². The van der Waals surface area contributed by atoms with Crippen LogP contribution in [0.5, 0.6) is 0 Å². The van der Waals surface area contributed by atoms with Crippen LogP contribution >= 0.6 is 0 Å². The molecule has 10 heteroatoms. The molecule has 1 saturated heterocycles. The molecule has 44 heavy (non-hydrogen) atoms. The van der Waals surface area contributed by atoms with Crippen LogP contribution in [0.2, 0.25) is 0 Å². The lowest BCUT2D eigenvalue weighted by atomic mass is 9.46. The lowest BCUT2D eigenvalue weighted by Gasteiger charge is -2.58. The molecule has 5 N–H and O–H groups in total. The fourth-order valence-corrected chi connectivity index (χ4v) is 9.99. The number of Topliss-reactive ketones (excluding diaryl/α,β-unsaturated/α-hetero) is 1. The van der Waals surface area contributed by atoms with Gasteiger partial charge in [-0.2, -0.15) is 0 Å². The van der Waals surface area contributed by atoms with Gasteiger partial charge in [-0.3, -0.25) is 4.79 Å². The van der Waals surface area contributed by atoms with Gasteiger partial charge in [0.15, 0.2) is 6.29 Å². The zero-order chi connectivity index (χ0) is 31.7. The fraction of sp³-hybridized carbons (Fsp3) is 0.765. The number of fused-ring (bicyclic) bond motifs is 5. The van der Waals surface area contributed by atoms with Crippen molar-refractivity contribution in [2.75, 3.05) is 13.2 Å². The summed E-state index contributed by atoms with van der Waals surface area (Å²) in [5, 5.41) is 51.2. The Labute approximate surface area is 258 Å². The van der Waals surface area contributed by atoms with Crippen molar-refractivity contribution in [2.45, 2.75) is 109 Å². The van der Waals surface area contributed by atoms with Gasteiger partial charge < -0.3 is 39.7 Å². The summed E-state index contributed by atoms with van der Waals surface area (Å²) in [6, 6.07) is 0. The summed E-state index contributed by atoms with van der Waals surface area (Å²) in [6.45, 7) is 7.68. The summed E-state index contributed by atoms with van der Waals surface area (Å²) in [5.74, 6) is 0.546. The van der Waals surface area contributed by atoms with Crippen molar-refractivity contribution in [3.8, 4) is 0 Å². The van der Waals surface area contributed by atoms with Crippen molar-refractivity contribution in [1.82, 2.24) is 0 Å². The van der Waals surface area contributed by atoms with Crippen LogP contribution in [0.25, 0.3) is 0 Å². The van der Waals surface area contributed by atoms with Crippen molar-refractivity contribution in [1.29, 1.82) is 0 Å². The van der Waals surface area contributed by atoms with E-state index in [1.54, 1.807) is 0 Å². The van der Waals surface area contributed by atoms with Gasteiger partial charge in [0.25, 0.3) is 0 Å². The molecule has 0 aromatic carbocycles. The molecule has 0 bridgehead atoms.